The second kappa shape index (κ2) is 7.29. The van der Waals surface area contributed by atoms with Gasteiger partial charge in [0.2, 0.25) is 5.91 Å². The van der Waals surface area contributed by atoms with Crippen molar-refractivity contribution < 1.29 is 9.90 Å². The highest BCUT2D eigenvalue weighted by Gasteiger charge is 2.33. The predicted molar refractivity (Wildman–Crippen MR) is 82.5 cm³/mol. The zero-order chi connectivity index (χ0) is 15.2. The van der Waals surface area contributed by atoms with Crippen molar-refractivity contribution in [1.29, 1.82) is 0 Å². The first-order valence-corrected chi connectivity index (χ1v) is 7.19. The van der Waals surface area contributed by atoms with Crippen LogP contribution >= 0.6 is 0 Å². The smallest absolute Gasteiger partial charge is 0.232 e. The second-order valence-electron chi connectivity index (χ2n) is 5.62. The van der Waals surface area contributed by atoms with Crippen LogP contribution < -0.4 is 5.73 Å². The second-order valence-corrected chi connectivity index (χ2v) is 5.62. The van der Waals surface area contributed by atoms with Gasteiger partial charge in [0.25, 0.3) is 0 Å². The molecule has 3 N–H and O–H groups in total. The number of aliphatic hydroxyl groups excluding tert-OH is 1. The van der Waals surface area contributed by atoms with E-state index < -0.39 is 5.41 Å². The monoisotopic (exact) mass is 278 g/mol. The van der Waals surface area contributed by atoms with E-state index in [1.807, 2.05) is 38.1 Å². The lowest BCUT2D eigenvalue weighted by molar-refractivity contribution is -0.136. The minimum Gasteiger partial charge on any atom is -0.399 e. The van der Waals surface area contributed by atoms with Gasteiger partial charge in [0.15, 0.2) is 0 Å². The Hall–Kier alpha value is -1.55. The van der Waals surface area contributed by atoms with Crippen molar-refractivity contribution in [3.05, 3.63) is 29.8 Å². The van der Waals surface area contributed by atoms with E-state index in [0.29, 0.717) is 18.8 Å². The van der Waals surface area contributed by atoms with Gasteiger partial charge in [-0.3, -0.25) is 4.79 Å². The Morgan fingerprint density at radius 3 is 2.35 bits per heavy atom. The lowest BCUT2D eigenvalue weighted by atomic mass is 9.83. The van der Waals surface area contributed by atoms with E-state index in [9.17, 15) is 4.79 Å². The summed E-state index contributed by atoms with van der Waals surface area (Å²) in [5, 5.41) is 9.15. The summed E-state index contributed by atoms with van der Waals surface area (Å²) in [5.41, 5.74) is 6.71. The number of aliphatic hydroxyl groups is 1. The minimum atomic E-state index is -0.614. The van der Waals surface area contributed by atoms with Crippen LogP contribution in [0.15, 0.2) is 24.3 Å². The zero-order valence-electron chi connectivity index (χ0n) is 12.7. The molecule has 0 atom stereocenters. The molecule has 0 bridgehead atoms. The number of nitrogens with zero attached hydrogens (tertiary/aromatic N) is 1. The van der Waals surface area contributed by atoms with Gasteiger partial charge in [-0.2, -0.15) is 0 Å². The van der Waals surface area contributed by atoms with Gasteiger partial charge in [0, 0.05) is 18.8 Å². The summed E-state index contributed by atoms with van der Waals surface area (Å²) in [4.78, 5) is 14.5. The highest BCUT2D eigenvalue weighted by Crippen LogP contribution is 2.26. The van der Waals surface area contributed by atoms with Crippen molar-refractivity contribution in [1.82, 2.24) is 4.90 Å². The number of rotatable bonds is 7. The topological polar surface area (TPSA) is 66.6 Å². The number of nitrogen functional groups attached to an aromatic ring is 1. The summed E-state index contributed by atoms with van der Waals surface area (Å²) in [6.45, 7) is 6.99. The summed E-state index contributed by atoms with van der Waals surface area (Å²) in [7, 11) is 0. The normalized spacial score (nSPS) is 11.4. The molecule has 4 heteroatoms. The van der Waals surface area contributed by atoms with Gasteiger partial charge in [0.05, 0.1) is 12.0 Å². The number of nitrogens with two attached hydrogens (primary N) is 1. The summed E-state index contributed by atoms with van der Waals surface area (Å²) in [6.07, 6.45) is 1.97. The molecule has 0 aromatic heterocycles. The van der Waals surface area contributed by atoms with Crippen LogP contribution in [0.2, 0.25) is 0 Å². The van der Waals surface area contributed by atoms with Gasteiger partial charge in [-0.15, -0.1) is 0 Å². The summed E-state index contributed by atoms with van der Waals surface area (Å²) >= 11 is 0. The van der Waals surface area contributed by atoms with Crippen LogP contribution in [-0.2, 0) is 10.2 Å². The van der Waals surface area contributed by atoms with Gasteiger partial charge in [-0.25, -0.2) is 0 Å². The van der Waals surface area contributed by atoms with Crippen LogP contribution in [0.4, 0.5) is 5.69 Å². The van der Waals surface area contributed by atoms with Crippen LogP contribution in [0.3, 0.4) is 0 Å². The number of benzene rings is 1. The predicted octanol–water partition coefficient (Wildman–Crippen LogP) is 2.17. The number of amides is 1. The molecule has 1 amide bonds. The largest absolute Gasteiger partial charge is 0.399 e. The molecule has 0 spiro atoms. The molecule has 0 aliphatic heterocycles. The van der Waals surface area contributed by atoms with Gasteiger partial charge < -0.3 is 15.7 Å². The molecule has 112 valence electrons. The van der Waals surface area contributed by atoms with Crippen molar-refractivity contribution in [2.45, 2.75) is 39.0 Å². The number of carbonyl (C=O) groups excluding carboxylic acids is 1. The Balaban J connectivity index is 2.92. The van der Waals surface area contributed by atoms with Crippen LogP contribution in [-0.4, -0.2) is 35.6 Å². The minimum absolute atomic E-state index is 0.00667. The Kier molecular flexibility index (Phi) is 6.02. The van der Waals surface area contributed by atoms with Crippen molar-refractivity contribution in [2.24, 2.45) is 0 Å². The zero-order valence-corrected chi connectivity index (χ0v) is 12.7. The van der Waals surface area contributed by atoms with Gasteiger partial charge in [-0.05, 0) is 38.0 Å². The number of hydrogen-bond donors (Lipinski definition) is 2. The molecule has 1 rings (SSSR count). The van der Waals surface area contributed by atoms with E-state index in [-0.39, 0.29) is 12.5 Å². The van der Waals surface area contributed by atoms with E-state index in [0.717, 1.165) is 18.4 Å². The van der Waals surface area contributed by atoms with Gasteiger partial charge >= 0.3 is 0 Å². The first-order valence-electron chi connectivity index (χ1n) is 7.19. The molecule has 4 nitrogen and oxygen atoms in total. The molecule has 0 aliphatic rings. The average Bonchev–Trinajstić information content (AvgIpc) is 2.43. The lowest BCUT2D eigenvalue weighted by Crippen LogP contribution is -2.45. The molecule has 0 saturated carbocycles. The third-order valence-electron chi connectivity index (χ3n) is 3.61. The van der Waals surface area contributed by atoms with E-state index in [1.165, 1.54) is 0 Å². The molecule has 0 unspecified atom stereocenters. The fraction of sp³-hybridized carbons (Fsp3) is 0.562. The number of unbranched alkanes of at least 4 members (excludes halogenated alkanes) is 1. The Labute approximate surface area is 121 Å². The quantitative estimate of drug-likeness (QED) is 0.751. The van der Waals surface area contributed by atoms with Crippen molar-refractivity contribution in [3.8, 4) is 0 Å². The maximum atomic E-state index is 12.7. The number of carbonyl (C=O) groups is 1. The molecular weight excluding hydrogens is 252 g/mol. The van der Waals surface area contributed by atoms with Crippen molar-refractivity contribution >= 4 is 11.6 Å². The molecule has 1 aromatic rings. The highest BCUT2D eigenvalue weighted by molar-refractivity contribution is 5.87. The molecule has 0 heterocycles. The van der Waals surface area contributed by atoms with Crippen LogP contribution in [0.25, 0.3) is 0 Å². The summed E-state index contributed by atoms with van der Waals surface area (Å²) < 4.78 is 0. The van der Waals surface area contributed by atoms with Gasteiger partial charge in [-0.1, -0.05) is 25.5 Å². The standard InChI is InChI=1S/C16H26N2O2/c1-4-5-10-18(11-12-19)15(20)16(2,3)13-6-8-14(17)9-7-13/h6-9,19H,4-5,10-12,17H2,1-3H3. The van der Waals surface area contributed by atoms with Gasteiger partial charge in [0.1, 0.15) is 0 Å². The summed E-state index contributed by atoms with van der Waals surface area (Å²) in [5.74, 6) is 0.0461. The van der Waals surface area contributed by atoms with E-state index in [4.69, 9.17) is 10.8 Å². The first-order chi connectivity index (χ1) is 9.43. The van der Waals surface area contributed by atoms with E-state index >= 15 is 0 Å². The Morgan fingerprint density at radius 2 is 1.85 bits per heavy atom. The SMILES string of the molecule is CCCCN(CCO)C(=O)C(C)(C)c1ccc(N)cc1. The Bertz CT molecular complexity index is 427. The van der Waals surface area contributed by atoms with E-state index in [1.54, 1.807) is 4.90 Å². The van der Waals surface area contributed by atoms with Crippen LogP contribution in [0.1, 0.15) is 39.2 Å². The van der Waals surface area contributed by atoms with E-state index in [2.05, 4.69) is 6.92 Å². The maximum absolute atomic E-state index is 12.7. The third-order valence-corrected chi connectivity index (χ3v) is 3.61. The molecule has 0 aliphatic carbocycles. The fourth-order valence-corrected chi connectivity index (χ4v) is 2.20. The Morgan fingerprint density at radius 1 is 1.25 bits per heavy atom. The van der Waals surface area contributed by atoms with Crippen LogP contribution in [0, 0.1) is 0 Å². The van der Waals surface area contributed by atoms with Crippen molar-refractivity contribution in [3.63, 3.8) is 0 Å². The highest BCUT2D eigenvalue weighted by atomic mass is 16.3. The summed E-state index contributed by atoms with van der Waals surface area (Å²) in [6, 6.07) is 7.41. The third kappa shape index (κ3) is 3.97. The van der Waals surface area contributed by atoms with Crippen LogP contribution in [0.5, 0.6) is 0 Å². The molecular formula is C16H26N2O2. The maximum Gasteiger partial charge on any atom is 0.232 e. The molecule has 0 saturated heterocycles. The number of anilines is 1. The average molecular weight is 278 g/mol. The first kappa shape index (κ1) is 16.5. The molecule has 20 heavy (non-hydrogen) atoms. The van der Waals surface area contributed by atoms with Crippen molar-refractivity contribution in [2.75, 3.05) is 25.4 Å². The molecule has 0 radical (unpaired) electrons. The molecule has 1 aromatic carbocycles. The number of hydrogen-bond acceptors (Lipinski definition) is 3. The fourth-order valence-electron chi connectivity index (χ4n) is 2.20. The molecule has 0 fully saturated rings. The lowest BCUT2D eigenvalue weighted by Gasteiger charge is -2.32.